The maximum Gasteiger partial charge on any atom is 0.138 e. The molecule has 0 saturated heterocycles. The zero-order valence-electron chi connectivity index (χ0n) is 21.6. The third-order valence-electron chi connectivity index (χ3n) is 13.2. The normalized spacial score (nSPS) is 55.6. The topological polar surface area (TPSA) is 17.1 Å². The maximum atomic E-state index is 12.9. The first-order valence-electron chi connectivity index (χ1n) is 13.5. The standard InChI is InChI=1S/C30H48O/c1-19(2)20-11-14-27(5)17-18-29(7)21(25(20)27)9-10-23-28(6)15-13-24(31)26(3,4)22(28)12-16-30(23,29)8/h20-23,25H,1,9-18H2,2-8H3/t20-,21-,22-,23+,25-,27-,28+,29-,30+/m1/s1. The van der Waals surface area contributed by atoms with Crippen molar-refractivity contribution in [3.05, 3.63) is 12.2 Å². The predicted octanol–water partition coefficient (Wildman–Crippen LogP) is 8.23. The average molecular weight is 425 g/mol. The summed E-state index contributed by atoms with van der Waals surface area (Å²) < 4.78 is 0. The molecule has 5 rings (SSSR count). The van der Waals surface area contributed by atoms with Gasteiger partial charge in [-0.3, -0.25) is 4.79 Å². The zero-order chi connectivity index (χ0) is 22.6. The molecule has 0 aromatic carbocycles. The van der Waals surface area contributed by atoms with Crippen LogP contribution >= 0.6 is 0 Å². The van der Waals surface area contributed by atoms with Crippen LogP contribution in [0.25, 0.3) is 0 Å². The third kappa shape index (κ3) is 2.59. The summed E-state index contributed by atoms with van der Waals surface area (Å²) in [5, 5.41) is 0. The van der Waals surface area contributed by atoms with Crippen LogP contribution in [0.1, 0.15) is 113 Å². The number of Topliss-reactive ketones (excluding diaryl/α,β-unsaturated/α-hetero) is 1. The van der Waals surface area contributed by atoms with E-state index in [1.165, 1.54) is 56.9 Å². The van der Waals surface area contributed by atoms with Gasteiger partial charge in [0.05, 0.1) is 0 Å². The molecule has 5 aliphatic rings. The van der Waals surface area contributed by atoms with Gasteiger partial charge in [0.1, 0.15) is 5.78 Å². The van der Waals surface area contributed by atoms with E-state index in [9.17, 15) is 4.79 Å². The summed E-state index contributed by atoms with van der Waals surface area (Å²) in [6.07, 6.45) is 13.0. The Hall–Kier alpha value is -0.590. The van der Waals surface area contributed by atoms with E-state index in [4.69, 9.17) is 0 Å². The van der Waals surface area contributed by atoms with Gasteiger partial charge in [-0.2, -0.15) is 0 Å². The van der Waals surface area contributed by atoms with Crippen molar-refractivity contribution in [3.63, 3.8) is 0 Å². The highest BCUT2D eigenvalue weighted by molar-refractivity contribution is 5.85. The van der Waals surface area contributed by atoms with Crippen LogP contribution in [0.2, 0.25) is 0 Å². The molecular weight excluding hydrogens is 376 g/mol. The molecule has 1 heteroatoms. The van der Waals surface area contributed by atoms with Crippen molar-refractivity contribution < 1.29 is 4.79 Å². The third-order valence-corrected chi connectivity index (χ3v) is 13.2. The van der Waals surface area contributed by atoms with E-state index in [0.717, 1.165) is 36.5 Å². The second-order valence-corrected chi connectivity index (χ2v) is 14.5. The summed E-state index contributed by atoms with van der Waals surface area (Å²) in [7, 11) is 0. The molecule has 9 atom stereocenters. The highest BCUT2D eigenvalue weighted by Crippen LogP contribution is 2.77. The van der Waals surface area contributed by atoms with Gasteiger partial charge in [0.15, 0.2) is 0 Å². The largest absolute Gasteiger partial charge is 0.299 e. The molecule has 0 unspecified atom stereocenters. The Kier molecular flexibility index (Phi) is 4.66. The van der Waals surface area contributed by atoms with Crippen molar-refractivity contribution in [2.45, 2.75) is 113 Å². The van der Waals surface area contributed by atoms with Gasteiger partial charge in [-0.15, -0.1) is 0 Å². The van der Waals surface area contributed by atoms with E-state index in [-0.39, 0.29) is 5.41 Å². The average Bonchev–Trinajstić information content (AvgIpc) is 3.04. The molecule has 0 radical (unpaired) electrons. The number of hydrogen-bond donors (Lipinski definition) is 0. The van der Waals surface area contributed by atoms with Crippen LogP contribution in [0.5, 0.6) is 0 Å². The van der Waals surface area contributed by atoms with E-state index >= 15 is 0 Å². The van der Waals surface area contributed by atoms with Gasteiger partial charge in [0, 0.05) is 11.8 Å². The minimum absolute atomic E-state index is 0.131. The molecule has 0 heterocycles. The van der Waals surface area contributed by atoms with E-state index < -0.39 is 0 Å². The molecular formula is C30H48O. The van der Waals surface area contributed by atoms with Crippen LogP contribution in [0, 0.1) is 56.7 Å². The number of hydrogen-bond acceptors (Lipinski definition) is 1. The molecule has 0 aliphatic heterocycles. The highest BCUT2D eigenvalue weighted by Gasteiger charge is 2.70. The Bertz CT molecular complexity index is 807. The van der Waals surface area contributed by atoms with E-state index in [1.807, 2.05) is 0 Å². The van der Waals surface area contributed by atoms with Gasteiger partial charge in [0.2, 0.25) is 0 Å². The van der Waals surface area contributed by atoms with Crippen LogP contribution < -0.4 is 0 Å². The van der Waals surface area contributed by atoms with Crippen molar-refractivity contribution in [2.75, 3.05) is 0 Å². The molecule has 5 fully saturated rings. The molecule has 0 bridgehead atoms. The Morgan fingerprint density at radius 1 is 0.806 bits per heavy atom. The van der Waals surface area contributed by atoms with Gasteiger partial charge in [-0.25, -0.2) is 0 Å². The lowest BCUT2D eigenvalue weighted by Crippen LogP contribution is -2.66. The minimum Gasteiger partial charge on any atom is -0.299 e. The van der Waals surface area contributed by atoms with Gasteiger partial charge in [-0.05, 0) is 116 Å². The second kappa shape index (κ2) is 6.50. The molecule has 0 aromatic heterocycles. The summed E-state index contributed by atoms with van der Waals surface area (Å²) in [5.74, 6) is 4.33. The fraction of sp³-hybridized carbons (Fsp3) is 0.900. The Morgan fingerprint density at radius 3 is 2.19 bits per heavy atom. The Morgan fingerprint density at radius 2 is 1.52 bits per heavy atom. The Balaban J connectivity index is 1.55. The molecule has 0 N–H and O–H groups in total. The maximum absolute atomic E-state index is 12.9. The van der Waals surface area contributed by atoms with E-state index in [2.05, 4.69) is 55.0 Å². The van der Waals surface area contributed by atoms with Crippen molar-refractivity contribution in [1.29, 1.82) is 0 Å². The number of allylic oxidation sites excluding steroid dienone is 1. The number of carbonyl (C=O) groups excluding carboxylic acids is 1. The molecule has 5 saturated carbocycles. The number of ketones is 1. The zero-order valence-corrected chi connectivity index (χ0v) is 21.6. The van der Waals surface area contributed by atoms with Crippen LogP contribution in [0.3, 0.4) is 0 Å². The van der Waals surface area contributed by atoms with Gasteiger partial charge < -0.3 is 0 Å². The van der Waals surface area contributed by atoms with Crippen LogP contribution in [-0.4, -0.2) is 5.78 Å². The van der Waals surface area contributed by atoms with Crippen molar-refractivity contribution in [3.8, 4) is 0 Å². The number of fused-ring (bicyclic) bond motifs is 7. The molecule has 31 heavy (non-hydrogen) atoms. The quantitative estimate of drug-likeness (QED) is 0.387. The number of carbonyl (C=O) groups is 1. The molecule has 0 spiro atoms. The van der Waals surface area contributed by atoms with E-state index in [0.29, 0.717) is 33.4 Å². The first-order valence-corrected chi connectivity index (χ1v) is 13.5. The van der Waals surface area contributed by atoms with Crippen LogP contribution in [0.4, 0.5) is 0 Å². The molecule has 174 valence electrons. The predicted molar refractivity (Wildman–Crippen MR) is 130 cm³/mol. The smallest absolute Gasteiger partial charge is 0.138 e. The van der Waals surface area contributed by atoms with E-state index in [1.54, 1.807) is 0 Å². The summed E-state index contributed by atoms with van der Waals surface area (Å²) in [5.41, 5.74) is 3.06. The molecule has 0 amide bonds. The summed E-state index contributed by atoms with van der Waals surface area (Å²) in [6, 6.07) is 0. The first-order chi connectivity index (χ1) is 14.3. The lowest BCUT2D eigenvalue weighted by molar-refractivity contribution is -0.232. The van der Waals surface area contributed by atoms with Gasteiger partial charge >= 0.3 is 0 Å². The molecule has 1 nitrogen and oxygen atoms in total. The fourth-order valence-corrected chi connectivity index (χ4v) is 11.3. The second-order valence-electron chi connectivity index (χ2n) is 14.5. The van der Waals surface area contributed by atoms with Gasteiger partial charge in [-0.1, -0.05) is 53.7 Å². The molecule has 5 aliphatic carbocycles. The Labute approximate surface area is 192 Å². The minimum atomic E-state index is -0.131. The van der Waals surface area contributed by atoms with Gasteiger partial charge in [0.25, 0.3) is 0 Å². The summed E-state index contributed by atoms with van der Waals surface area (Å²) in [4.78, 5) is 12.9. The number of rotatable bonds is 1. The van der Waals surface area contributed by atoms with Crippen LogP contribution in [0.15, 0.2) is 12.2 Å². The van der Waals surface area contributed by atoms with Crippen molar-refractivity contribution in [1.82, 2.24) is 0 Å². The SMILES string of the molecule is C=C(C)[C@H]1CC[C@]2(C)CC[C@]3(C)[C@H](CC[C@H]4[C@@]5(C)CCC(=O)C(C)(C)[C@H]5CC[C@@]43C)[C@@H]12. The van der Waals surface area contributed by atoms with Crippen molar-refractivity contribution >= 4 is 5.78 Å². The summed E-state index contributed by atoms with van der Waals surface area (Å²) >= 11 is 0. The summed E-state index contributed by atoms with van der Waals surface area (Å²) in [6.45, 7) is 22.0. The van der Waals surface area contributed by atoms with Crippen molar-refractivity contribution in [2.24, 2.45) is 56.7 Å². The lowest BCUT2D eigenvalue weighted by Gasteiger charge is -2.72. The fourth-order valence-electron chi connectivity index (χ4n) is 11.3. The lowest BCUT2D eigenvalue weighted by atomic mass is 9.32. The highest BCUT2D eigenvalue weighted by atomic mass is 16.1. The van der Waals surface area contributed by atoms with Crippen LogP contribution in [-0.2, 0) is 4.79 Å². The monoisotopic (exact) mass is 424 g/mol. The molecule has 0 aromatic rings. The first kappa shape index (κ1) is 22.2.